The van der Waals surface area contributed by atoms with E-state index in [0.717, 1.165) is 38.4 Å². The third-order valence-electron chi connectivity index (χ3n) is 6.17. The molecule has 0 radical (unpaired) electrons. The highest BCUT2D eigenvalue weighted by Crippen LogP contribution is 2.32. The smallest absolute Gasteiger partial charge is 0.237 e. The van der Waals surface area contributed by atoms with Gasteiger partial charge in [0.2, 0.25) is 5.91 Å². The molecule has 120 valence electrons. The van der Waals surface area contributed by atoms with Crippen LogP contribution < -0.4 is 10.6 Å². The van der Waals surface area contributed by atoms with E-state index in [2.05, 4.69) is 29.4 Å². The molecule has 4 heteroatoms. The summed E-state index contributed by atoms with van der Waals surface area (Å²) in [5.41, 5.74) is 0. The molecule has 3 rings (SSSR count). The molecule has 4 unspecified atom stereocenters. The summed E-state index contributed by atoms with van der Waals surface area (Å²) < 4.78 is 0. The summed E-state index contributed by atoms with van der Waals surface area (Å²) >= 11 is 0. The van der Waals surface area contributed by atoms with E-state index in [-0.39, 0.29) is 6.04 Å². The number of hydrogen-bond donors (Lipinski definition) is 2. The van der Waals surface area contributed by atoms with Crippen LogP contribution in [0.3, 0.4) is 0 Å². The summed E-state index contributed by atoms with van der Waals surface area (Å²) in [6.07, 6.45) is 7.04. The minimum Gasteiger partial charge on any atom is -0.352 e. The summed E-state index contributed by atoms with van der Waals surface area (Å²) in [5, 5.41) is 6.80. The van der Waals surface area contributed by atoms with Gasteiger partial charge in [-0.05, 0) is 70.0 Å². The van der Waals surface area contributed by atoms with Gasteiger partial charge in [-0.15, -0.1) is 0 Å². The molecule has 0 bridgehead atoms. The number of piperidine rings is 1. The van der Waals surface area contributed by atoms with Gasteiger partial charge in [0.05, 0.1) is 6.04 Å². The van der Waals surface area contributed by atoms with E-state index < -0.39 is 0 Å². The summed E-state index contributed by atoms with van der Waals surface area (Å²) in [4.78, 5) is 15.2. The van der Waals surface area contributed by atoms with Gasteiger partial charge in [0.25, 0.3) is 0 Å². The molecule has 2 aliphatic heterocycles. The number of carbonyl (C=O) groups excluding carboxylic acids is 1. The van der Waals surface area contributed by atoms with Gasteiger partial charge >= 0.3 is 0 Å². The van der Waals surface area contributed by atoms with Crippen molar-refractivity contribution >= 4 is 5.91 Å². The van der Waals surface area contributed by atoms with Gasteiger partial charge in [-0.25, -0.2) is 0 Å². The average Bonchev–Trinajstić information content (AvgIpc) is 3.10. The SMILES string of the molecule is CC1CCC(NC(=O)C2CCCN2C2CCNCC2)C1C. The van der Waals surface area contributed by atoms with Crippen molar-refractivity contribution in [3.8, 4) is 0 Å². The highest BCUT2D eigenvalue weighted by atomic mass is 16.2. The van der Waals surface area contributed by atoms with Crippen LogP contribution in [-0.4, -0.2) is 48.6 Å². The second-order valence-electron chi connectivity index (χ2n) is 7.41. The van der Waals surface area contributed by atoms with E-state index in [1.807, 2.05) is 0 Å². The topological polar surface area (TPSA) is 44.4 Å². The van der Waals surface area contributed by atoms with Gasteiger partial charge in [-0.3, -0.25) is 9.69 Å². The molecule has 0 aromatic carbocycles. The third-order valence-corrected chi connectivity index (χ3v) is 6.17. The van der Waals surface area contributed by atoms with E-state index in [0.29, 0.717) is 23.9 Å². The molecular formula is C17H31N3O. The lowest BCUT2D eigenvalue weighted by atomic mass is 9.97. The molecule has 4 nitrogen and oxygen atoms in total. The second kappa shape index (κ2) is 6.66. The molecule has 2 N–H and O–H groups in total. The van der Waals surface area contributed by atoms with E-state index >= 15 is 0 Å². The van der Waals surface area contributed by atoms with Crippen molar-refractivity contribution in [1.29, 1.82) is 0 Å². The first-order valence-corrected chi connectivity index (χ1v) is 8.93. The normalized spacial score (nSPS) is 38.8. The summed E-state index contributed by atoms with van der Waals surface area (Å²) in [7, 11) is 0. The van der Waals surface area contributed by atoms with Crippen molar-refractivity contribution in [3.05, 3.63) is 0 Å². The number of likely N-dealkylation sites (tertiary alicyclic amines) is 1. The Hall–Kier alpha value is -0.610. The van der Waals surface area contributed by atoms with Crippen LogP contribution in [0.5, 0.6) is 0 Å². The number of rotatable bonds is 3. The monoisotopic (exact) mass is 293 g/mol. The van der Waals surface area contributed by atoms with Crippen LogP contribution >= 0.6 is 0 Å². The second-order valence-corrected chi connectivity index (χ2v) is 7.41. The van der Waals surface area contributed by atoms with Gasteiger partial charge in [-0.1, -0.05) is 13.8 Å². The predicted molar refractivity (Wildman–Crippen MR) is 85.1 cm³/mol. The van der Waals surface area contributed by atoms with Crippen LogP contribution in [-0.2, 0) is 4.79 Å². The van der Waals surface area contributed by atoms with Crippen LogP contribution in [0.2, 0.25) is 0 Å². The van der Waals surface area contributed by atoms with Gasteiger partial charge in [0.1, 0.15) is 0 Å². The highest BCUT2D eigenvalue weighted by Gasteiger charge is 2.38. The Kier molecular flexibility index (Phi) is 4.85. The molecule has 21 heavy (non-hydrogen) atoms. The zero-order valence-electron chi connectivity index (χ0n) is 13.6. The zero-order valence-corrected chi connectivity index (χ0v) is 13.6. The zero-order chi connectivity index (χ0) is 14.8. The maximum absolute atomic E-state index is 12.7. The maximum atomic E-state index is 12.7. The van der Waals surface area contributed by atoms with Gasteiger partial charge < -0.3 is 10.6 Å². The van der Waals surface area contributed by atoms with E-state index in [1.165, 1.54) is 25.7 Å². The first kappa shape index (κ1) is 15.3. The number of carbonyl (C=O) groups is 1. The Morgan fingerprint density at radius 3 is 2.52 bits per heavy atom. The maximum Gasteiger partial charge on any atom is 0.237 e. The lowest BCUT2D eigenvalue weighted by Gasteiger charge is -2.35. The Balaban J connectivity index is 1.58. The molecule has 1 amide bonds. The van der Waals surface area contributed by atoms with Crippen molar-refractivity contribution in [2.75, 3.05) is 19.6 Å². The average molecular weight is 293 g/mol. The standard InChI is InChI=1S/C17H31N3O/c1-12-5-6-15(13(12)2)19-17(21)16-4-3-11-20(16)14-7-9-18-10-8-14/h12-16,18H,3-11H2,1-2H3,(H,19,21). The predicted octanol–water partition coefficient (Wildman–Crippen LogP) is 1.75. The number of nitrogens with zero attached hydrogens (tertiary/aromatic N) is 1. The first-order chi connectivity index (χ1) is 10.2. The molecule has 2 heterocycles. The van der Waals surface area contributed by atoms with Crippen molar-refractivity contribution in [2.45, 2.75) is 70.5 Å². The minimum absolute atomic E-state index is 0.135. The highest BCUT2D eigenvalue weighted by molar-refractivity contribution is 5.82. The van der Waals surface area contributed by atoms with Crippen molar-refractivity contribution in [3.63, 3.8) is 0 Å². The lowest BCUT2D eigenvalue weighted by Crippen LogP contribution is -2.52. The summed E-state index contributed by atoms with van der Waals surface area (Å²) in [5.74, 6) is 1.68. The molecule has 4 atom stereocenters. The molecule has 0 aromatic heterocycles. The van der Waals surface area contributed by atoms with E-state index in [1.54, 1.807) is 0 Å². The molecule has 0 spiro atoms. The Morgan fingerprint density at radius 1 is 1.10 bits per heavy atom. The molecule has 1 aliphatic carbocycles. The lowest BCUT2D eigenvalue weighted by molar-refractivity contribution is -0.127. The third kappa shape index (κ3) is 3.26. The number of hydrogen-bond acceptors (Lipinski definition) is 3. The number of amides is 1. The largest absolute Gasteiger partial charge is 0.352 e. The molecular weight excluding hydrogens is 262 g/mol. The van der Waals surface area contributed by atoms with E-state index in [4.69, 9.17) is 0 Å². The van der Waals surface area contributed by atoms with Crippen LogP contribution in [0.15, 0.2) is 0 Å². The van der Waals surface area contributed by atoms with Crippen LogP contribution in [0.4, 0.5) is 0 Å². The van der Waals surface area contributed by atoms with Crippen molar-refractivity contribution in [2.24, 2.45) is 11.8 Å². The van der Waals surface area contributed by atoms with Gasteiger partial charge in [0.15, 0.2) is 0 Å². The van der Waals surface area contributed by atoms with Crippen LogP contribution in [0, 0.1) is 11.8 Å². The number of nitrogens with one attached hydrogen (secondary N) is 2. The van der Waals surface area contributed by atoms with Crippen LogP contribution in [0.1, 0.15) is 52.4 Å². The summed E-state index contributed by atoms with van der Waals surface area (Å²) in [6.45, 7) is 7.92. The minimum atomic E-state index is 0.135. The fraction of sp³-hybridized carbons (Fsp3) is 0.941. The fourth-order valence-corrected chi connectivity index (χ4v) is 4.49. The Morgan fingerprint density at radius 2 is 1.86 bits per heavy atom. The van der Waals surface area contributed by atoms with Crippen molar-refractivity contribution in [1.82, 2.24) is 15.5 Å². The van der Waals surface area contributed by atoms with Crippen LogP contribution in [0.25, 0.3) is 0 Å². The van der Waals surface area contributed by atoms with Gasteiger partial charge in [-0.2, -0.15) is 0 Å². The fourth-order valence-electron chi connectivity index (χ4n) is 4.49. The quantitative estimate of drug-likeness (QED) is 0.833. The Bertz CT molecular complexity index is 367. The molecule has 1 saturated carbocycles. The van der Waals surface area contributed by atoms with Crippen molar-refractivity contribution < 1.29 is 4.79 Å². The Labute approximate surface area is 129 Å². The molecule has 3 fully saturated rings. The summed E-state index contributed by atoms with van der Waals surface area (Å²) in [6, 6.07) is 1.16. The molecule has 2 saturated heterocycles. The molecule has 0 aromatic rings. The van der Waals surface area contributed by atoms with E-state index in [9.17, 15) is 4.79 Å². The first-order valence-electron chi connectivity index (χ1n) is 8.93. The molecule has 3 aliphatic rings. The van der Waals surface area contributed by atoms with Gasteiger partial charge in [0, 0.05) is 12.1 Å².